The fourth-order valence-corrected chi connectivity index (χ4v) is 3.28. The second kappa shape index (κ2) is 7.74. The van der Waals surface area contributed by atoms with Crippen molar-refractivity contribution >= 4 is 11.8 Å². The first-order valence-electron chi connectivity index (χ1n) is 8.73. The SMILES string of the molecule is C[C@H](NC(=O)CN1CCC(C(N)=O)CC1)c1ccc2c(c1)OCCO2. The minimum atomic E-state index is -0.240. The molecule has 2 heterocycles. The molecule has 1 aromatic carbocycles. The average Bonchev–Trinajstić information content (AvgIpc) is 2.61. The number of piperidine rings is 1. The lowest BCUT2D eigenvalue weighted by molar-refractivity contribution is -0.124. The third kappa shape index (κ3) is 4.42. The first-order valence-corrected chi connectivity index (χ1v) is 8.73. The van der Waals surface area contributed by atoms with Crippen molar-refractivity contribution in [1.29, 1.82) is 0 Å². The number of nitrogens with two attached hydrogens (primary N) is 1. The Morgan fingerprint density at radius 3 is 2.60 bits per heavy atom. The van der Waals surface area contributed by atoms with Crippen LogP contribution in [0.5, 0.6) is 11.5 Å². The maximum absolute atomic E-state index is 12.3. The van der Waals surface area contributed by atoms with E-state index in [-0.39, 0.29) is 23.8 Å². The third-order valence-corrected chi connectivity index (χ3v) is 4.80. The number of nitrogens with zero attached hydrogens (tertiary/aromatic N) is 1. The molecule has 0 radical (unpaired) electrons. The van der Waals surface area contributed by atoms with Crippen LogP contribution in [0.15, 0.2) is 18.2 Å². The summed E-state index contributed by atoms with van der Waals surface area (Å²) in [4.78, 5) is 25.6. The number of amides is 2. The van der Waals surface area contributed by atoms with Gasteiger partial charge in [-0.1, -0.05) is 6.07 Å². The lowest BCUT2D eigenvalue weighted by Gasteiger charge is -2.30. The van der Waals surface area contributed by atoms with Crippen LogP contribution in [0, 0.1) is 5.92 Å². The van der Waals surface area contributed by atoms with Crippen molar-refractivity contribution in [2.45, 2.75) is 25.8 Å². The van der Waals surface area contributed by atoms with E-state index in [2.05, 4.69) is 10.2 Å². The summed E-state index contributed by atoms with van der Waals surface area (Å²) in [6.07, 6.45) is 1.45. The molecule has 0 spiro atoms. The zero-order valence-corrected chi connectivity index (χ0v) is 14.5. The summed E-state index contributed by atoms with van der Waals surface area (Å²) in [5.41, 5.74) is 6.31. The maximum Gasteiger partial charge on any atom is 0.234 e. The van der Waals surface area contributed by atoms with Gasteiger partial charge in [-0.25, -0.2) is 0 Å². The Labute approximate surface area is 147 Å². The number of primary amides is 1. The third-order valence-electron chi connectivity index (χ3n) is 4.80. The van der Waals surface area contributed by atoms with E-state index < -0.39 is 0 Å². The monoisotopic (exact) mass is 347 g/mol. The second-order valence-corrected chi connectivity index (χ2v) is 6.65. The molecule has 25 heavy (non-hydrogen) atoms. The molecule has 7 heteroatoms. The van der Waals surface area contributed by atoms with Crippen LogP contribution in [0.3, 0.4) is 0 Å². The molecular weight excluding hydrogens is 322 g/mol. The molecular formula is C18H25N3O4. The van der Waals surface area contributed by atoms with E-state index in [4.69, 9.17) is 15.2 Å². The van der Waals surface area contributed by atoms with Gasteiger partial charge in [-0.05, 0) is 50.6 Å². The molecule has 1 saturated heterocycles. The fourth-order valence-electron chi connectivity index (χ4n) is 3.28. The highest BCUT2D eigenvalue weighted by Crippen LogP contribution is 2.32. The van der Waals surface area contributed by atoms with Crippen molar-refractivity contribution in [2.75, 3.05) is 32.8 Å². The van der Waals surface area contributed by atoms with E-state index in [0.717, 1.165) is 43.0 Å². The summed E-state index contributed by atoms with van der Waals surface area (Å²) in [5.74, 6) is 1.14. The van der Waals surface area contributed by atoms with Gasteiger partial charge in [0.2, 0.25) is 11.8 Å². The molecule has 7 nitrogen and oxygen atoms in total. The summed E-state index contributed by atoms with van der Waals surface area (Å²) in [5, 5.41) is 3.02. The second-order valence-electron chi connectivity index (χ2n) is 6.65. The molecule has 2 aliphatic rings. The van der Waals surface area contributed by atoms with E-state index in [0.29, 0.717) is 19.8 Å². The molecule has 1 atom stereocenters. The number of hydrogen-bond acceptors (Lipinski definition) is 5. The van der Waals surface area contributed by atoms with Gasteiger partial charge in [0, 0.05) is 5.92 Å². The Kier molecular flexibility index (Phi) is 5.43. The van der Waals surface area contributed by atoms with Gasteiger partial charge in [0.1, 0.15) is 13.2 Å². The molecule has 136 valence electrons. The quantitative estimate of drug-likeness (QED) is 0.823. The van der Waals surface area contributed by atoms with Crippen molar-refractivity contribution in [3.05, 3.63) is 23.8 Å². The van der Waals surface area contributed by atoms with Crippen molar-refractivity contribution < 1.29 is 19.1 Å². The predicted molar refractivity (Wildman–Crippen MR) is 92.3 cm³/mol. The van der Waals surface area contributed by atoms with Gasteiger partial charge in [-0.2, -0.15) is 0 Å². The van der Waals surface area contributed by atoms with Crippen LogP contribution in [0.2, 0.25) is 0 Å². The Morgan fingerprint density at radius 2 is 1.92 bits per heavy atom. The highest BCUT2D eigenvalue weighted by molar-refractivity contribution is 5.79. The molecule has 1 aromatic rings. The van der Waals surface area contributed by atoms with Crippen LogP contribution in [0.4, 0.5) is 0 Å². The lowest BCUT2D eigenvalue weighted by Crippen LogP contribution is -2.44. The smallest absolute Gasteiger partial charge is 0.234 e. The predicted octanol–water partition coefficient (Wildman–Crippen LogP) is 0.832. The van der Waals surface area contributed by atoms with E-state index in [1.165, 1.54) is 0 Å². The average molecular weight is 347 g/mol. The zero-order chi connectivity index (χ0) is 17.8. The van der Waals surface area contributed by atoms with Gasteiger partial charge < -0.3 is 20.5 Å². The van der Waals surface area contributed by atoms with Crippen LogP contribution in [-0.2, 0) is 9.59 Å². The lowest BCUT2D eigenvalue weighted by atomic mass is 9.96. The van der Waals surface area contributed by atoms with Crippen LogP contribution in [0.25, 0.3) is 0 Å². The highest BCUT2D eigenvalue weighted by atomic mass is 16.6. The summed E-state index contributed by atoms with van der Waals surface area (Å²) in [6.45, 7) is 4.82. The van der Waals surface area contributed by atoms with Gasteiger partial charge in [0.15, 0.2) is 11.5 Å². The molecule has 0 saturated carbocycles. The first kappa shape index (κ1) is 17.5. The molecule has 2 aliphatic heterocycles. The van der Waals surface area contributed by atoms with Crippen LogP contribution in [0.1, 0.15) is 31.4 Å². The molecule has 3 rings (SSSR count). The van der Waals surface area contributed by atoms with Gasteiger partial charge in [0.05, 0.1) is 12.6 Å². The topological polar surface area (TPSA) is 93.9 Å². The molecule has 0 unspecified atom stereocenters. The molecule has 0 aromatic heterocycles. The Balaban J connectivity index is 1.50. The van der Waals surface area contributed by atoms with Gasteiger partial charge in [0.25, 0.3) is 0 Å². The van der Waals surface area contributed by atoms with Crippen molar-refractivity contribution in [3.63, 3.8) is 0 Å². The number of rotatable bonds is 5. The minimum absolute atomic E-state index is 0.0279. The van der Waals surface area contributed by atoms with Crippen molar-refractivity contribution in [1.82, 2.24) is 10.2 Å². The van der Waals surface area contributed by atoms with Crippen LogP contribution >= 0.6 is 0 Å². The molecule has 0 aliphatic carbocycles. The maximum atomic E-state index is 12.3. The Hall–Kier alpha value is -2.28. The number of hydrogen-bond donors (Lipinski definition) is 2. The molecule has 2 amide bonds. The number of likely N-dealkylation sites (tertiary alicyclic amines) is 1. The number of carbonyl (C=O) groups excluding carboxylic acids is 2. The number of ether oxygens (including phenoxy) is 2. The fraction of sp³-hybridized carbons (Fsp3) is 0.556. The number of carbonyl (C=O) groups is 2. The Bertz CT molecular complexity index is 641. The zero-order valence-electron chi connectivity index (χ0n) is 14.5. The molecule has 0 bridgehead atoms. The summed E-state index contributed by atoms with van der Waals surface area (Å²) in [7, 11) is 0. The van der Waals surface area contributed by atoms with Crippen LogP contribution in [-0.4, -0.2) is 49.6 Å². The standard InChI is InChI=1S/C18H25N3O4/c1-12(14-2-3-15-16(10-14)25-9-8-24-15)20-17(22)11-21-6-4-13(5-7-21)18(19)23/h2-3,10,12-13H,4-9,11H2,1H3,(H2,19,23)(H,20,22)/t12-/m0/s1. The largest absolute Gasteiger partial charge is 0.486 e. The summed E-state index contributed by atoms with van der Waals surface area (Å²) < 4.78 is 11.1. The normalized spacial score (nSPS) is 19.2. The molecule has 3 N–H and O–H groups in total. The Morgan fingerprint density at radius 1 is 1.24 bits per heavy atom. The van der Waals surface area contributed by atoms with E-state index >= 15 is 0 Å². The van der Waals surface area contributed by atoms with Crippen molar-refractivity contribution in [2.24, 2.45) is 11.7 Å². The van der Waals surface area contributed by atoms with Gasteiger partial charge in [-0.15, -0.1) is 0 Å². The minimum Gasteiger partial charge on any atom is -0.486 e. The number of benzene rings is 1. The number of fused-ring (bicyclic) bond motifs is 1. The van der Waals surface area contributed by atoms with Crippen LogP contribution < -0.4 is 20.5 Å². The van der Waals surface area contributed by atoms with E-state index in [1.54, 1.807) is 0 Å². The van der Waals surface area contributed by atoms with E-state index in [9.17, 15) is 9.59 Å². The van der Waals surface area contributed by atoms with E-state index in [1.807, 2.05) is 25.1 Å². The first-order chi connectivity index (χ1) is 12.0. The summed E-state index contributed by atoms with van der Waals surface area (Å²) >= 11 is 0. The van der Waals surface area contributed by atoms with Gasteiger partial charge in [-0.3, -0.25) is 14.5 Å². The number of nitrogens with one attached hydrogen (secondary N) is 1. The van der Waals surface area contributed by atoms with Gasteiger partial charge >= 0.3 is 0 Å². The van der Waals surface area contributed by atoms with Crippen molar-refractivity contribution in [3.8, 4) is 11.5 Å². The highest BCUT2D eigenvalue weighted by Gasteiger charge is 2.24. The summed E-state index contributed by atoms with van der Waals surface area (Å²) in [6, 6.07) is 5.61. The molecule has 1 fully saturated rings.